The van der Waals surface area contributed by atoms with E-state index < -0.39 is 0 Å². The van der Waals surface area contributed by atoms with Crippen molar-refractivity contribution in [2.45, 2.75) is 46.6 Å². The van der Waals surface area contributed by atoms with Gasteiger partial charge in [-0.25, -0.2) is 4.98 Å². The first-order valence-corrected chi connectivity index (χ1v) is 12.7. The molecule has 0 saturated carbocycles. The third-order valence-electron chi connectivity index (χ3n) is 6.25. The van der Waals surface area contributed by atoms with Crippen LogP contribution in [0.3, 0.4) is 0 Å². The average molecular weight is 486 g/mol. The van der Waals surface area contributed by atoms with E-state index in [9.17, 15) is 4.79 Å². The number of benzene rings is 3. The second kappa shape index (κ2) is 12.2. The van der Waals surface area contributed by atoms with E-state index in [1.807, 2.05) is 62.4 Å². The smallest absolute Gasteiger partial charge is 0.257 e. The Morgan fingerprint density at radius 1 is 1.00 bits per heavy atom. The molecule has 1 N–H and O–H groups in total. The number of amides is 1. The largest absolute Gasteiger partial charge is 0.492 e. The van der Waals surface area contributed by atoms with Crippen molar-refractivity contribution in [3.63, 3.8) is 0 Å². The number of aryl methyl sites for hydroxylation is 4. The Morgan fingerprint density at radius 2 is 1.81 bits per heavy atom. The average Bonchev–Trinajstić information content (AvgIpc) is 3.25. The molecule has 0 aliphatic carbocycles. The van der Waals surface area contributed by atoms with Gasteiger partial charge in [0.25, 0.3) is 5.91 Å². The van der Waals surface area contributed by atoms with Gasteiger partial charge in [-0.2, -0.15) is 0 Å². The molecule has 6 nitrogen and oxygen atoms in total. The predicted octanol–water partition coefficient (Wildman–Crippen LogP) is 5.42. The molecule has 3 aromatic carbocycles. The zero-order chi connectivity index (χ0) is 25.3. The van der Waals surface area contributed by atoms with Gasteiger partial charge in [-0.15, -0.1) is 0 Å². The number of nitrogens with one attached hydrogen (secondary N) is 1. The summed E-state index contributed by atoms with van der Waals surface area (Å²) in [4.78, 5) is 17.1. The zero-order valence-electron chi connectivity index (χ0n) is 21.4. The molecule has 0 aliphatic heterocycles. The summed E-state index contributed by atoms with van der Waals surface area (Å²) in [6.07, 6.45) is 2.57. The lowest BCUT2D eigenvalue weighted by molar-refractivity contribution is -0.123. The number of para-hydroxylation sites is 2. The standard InChI is InChI=1S/C30H35N3O3/c1-4-24-13-15-25(16-14-24)35-19-18-33-27-9-6-5-8-26(27)32-29(33)10-7-17-31-30(34)21-36-28-20-22(2)11-12-23(28)3/h5-6,8-9,11-16,20H,4,7,10,17-19,21H2,1-3H3,(H,31,34). The van der Waals surface area contributed by atoms with E-state index in [1.165, 1.54) is 5.56 Å². The summed E-state index contributed by atoms with van der Waals surface area (Å²) in [6, 6.07) is 22.4. The van der Waals surface area contributed by atoms with Crippen molar-refractivity contribution in [2.24, 2.45) is 0 Å². The molecule has 0 fully saturated rings. The van der Waals surface area contributed by atoms with E-state index in [-0.39, 0.29) is 12.5 Å². The third kappa shape index (κ3) is 6.66. The van der Waals surface area contributed by atoms with Gasteiger partial charge in [-0.05, 0) is 73.7 Å². The fourth-order valence-electron chi connectivity index (χ4n) is 4.17. The van der Waals surface area contributed by atoms with Crippen molar-refractivity contribution in [3.8, 4) is 11.5 Å². The molecule has 4 aromatic rings. The molecule has 0 atom stereocenters. The second-order valence-electron chi connectivity index (χ2n) is 9.03. The van der Waals surface area contributed by atoms with Crippen LogP contribution in [0, 0.1) is 13.8 Å². The molecule has 0 spiro atoms. The van der Waals surface area contributed by atoms with Crippen molar-refractivity contribution < 1.29 is 14.3 Å². The Kier molecular flexibility index (Phi) is 8.61. The molecule has 6 heteroatoms. The fourth-order valence-corrected chi connectivity index (χ4v) is 4.17. The SMILES string of the molecule is CCc1ccc(OCCn2c(CCCNC(=O)COc3cc(C)ccc3C)nc3ccccc32)cc1. The van der Waals surface area contributed by atoms with Crippen LogP contribution < -0.4 is 14.8 Å². The summed E-state index contributed by atoms with van der Waals surface area (Å²) in [5.74, 6) is 2.51. The first kappa shape index (κ1) is 25.3. The van der Waals surface area contributed by atoms with Crippen LogP contribution >= 0.6 is 0 Å². The Balaban J connectivity index is 1.28. The molecule has 0 saturated heterocycles. The van der Waals surface area contributed by atoms with E-state index in [0.29, 0.717) is 19.7 Å². The summed E-state index contributed by atoms with van der Waals surface area (Å²) in [6.45, 7) is 7.99. The number of nitrogens with zero attached hydrogens (tertiary/aromatic N) is 2. The van der Waals surface area contributed by atoms with E-state index in [2.05, 4.69) is 35.0 Å². The normalized spacial score (nSPS) is 11.0. The first-order valence-electron chi connectivity index (χ1n) is 12.7. The van der Waals surface area contributed by atoms with Crippen LogP contribution in [0.1, 0.15) is 35.9 Å². The minimum Gasteiger partial charge on any atom is -0.492 e. The van der Waals surface area contributed by atoms with Crippen molar-refractivity contribution in [3.05, 3.63) is 89.2 Å². The van der Waals surface area contributed by atoms with E-state index in [0.717, 1.165) is 58.7 Å². The summed E-state index contributed by atoms with van der Waals surface area (Å²) < 4.78 is 13.9. The van der Waals surface area contributed by atoms with E-state index in [1.54, 1.807) is 0 Å². The predicted molar refractivity (Wildman–Crippen MR) is 144 cm³/mol. The Bertz CT molecular complexity index is 1290. The fraction of sp³-hybridized carbons (Fsp3) is 0.333. The van der Waals surface area contributed by atoms with Crippen LogP contribution in [-0.4, -0.2) is 35.2 Å². The second-order valence-corrected chi connectivity index (χ2v) is 9.03. The molecule has 1 heterocycles. The number of hydrogen-bond acceptors (Lipinski definition) is 4. The molecule has 188 valence electrons. The molecule has 0 aliphatic rings. The number of carbonyl (C=O) groups is 1. The maximum absolute atomic E-state index is 12.3. The number of ether oxygens (including phenoxy) is 2. The summed E-state index contributed by atoms with van der Waals surface area (Å²) in [5.41, 5.74) is 5.51. The monoisotopic (exact) mass is 485 g/mol. The van der Waals surface area contributed by atoms with Gasteiger partial charge < -0.3 is 19.4 Å². The van der Waals surface area contributed by atoms with Gasteiger partial charge in [0, 0.05) is 13.0 Å². The van der Waals surface area contributed by atoms with Crippen molar-refractivity contribution >= 4 is 16.9 Å². The van der Waals surface area contributed by atoms with Crippen molar-refractivity contribution in [2.75, 3.05) is 19.8 Å². The van der Waals surface area contributed by atoms with Gasteiger partial charge in [0.2, 0.25) is 0 Å². The molecule has 0 bridgehead atoms. The lowest BCUT2D eigenvalue weighted by Gasteiger charge is -2.12. The van der Waals surface area contributed by atoms with Gasteiger partial charge >= 0.3 is 0 Å². The van der Waals surface area contributed by atoms with Gasteiger partial charge in [-0.3, -0.25) is 4.79 Å². The molecule has 36 heavy (non-hydrogen) atoms. The molecule has 0 radical (unpaired) electrons. The lowest BCUT2D eigenvalue weighted by Crippen LogP contribution is -2.30. The molecule has 0 unspecified atom stereocenters. The van der Waals surface area contributed by atoms with Crippen LogP contribution in [0.4, 0.5) is 0 Å². The number of rotatable bonds is 12. The topological polar surface area (TPSA) is 65.4 Å². The third-order valence-corrected chi connectivity index (χ3v) is 6.25. The molecule has 1 amide bonds. The van der Waals surface area contributed by atoms with Crippen molar-refractivity contribution in [1.82, 2.24) is 14.9 Å². The summed E-state index contributed by atoms with van der Waals surface area (Å²) in [5, 5.41) is 2.96. The van der Waals surface area contributed by atoms with E-state index in [4.69, 9.17) is 14.5 Å². The molecule has 1 aromatic heterocycles. The highest BCUT2D eigenvalue weighted by molar-refractivity contribution is 5.77. The number of carbonyl (C=O) groups excluding carboxylic acids is 1. The number of aromatic nitrogens is 2. The molecule has 4 rings (SSSR count). The first-order chi connectivity index (χ1) is 17.5. The molecular weight excluding hydrogens is 450 g/mol. The zero-order valence-corrected chi connectivity index (χ0v) is 21.4. The highest BCUT2D eigenvalue weighted by Gasteiger charge is 2.11. The minimum atomic E-state index is -0.119. The van der Waals surface area contributed by atoms with Gasteiger partial charge in [0.05, 0.1) is 17.6 Å². The van der Waals surface area contributed by atoms with Crippen LogP contribution in [-0.2, 0) is 24.2 Å². The molecular formula is C30H35N3O3. The van der Waals surface area contributed by atoms with E-state index >= 15 is 0 Å². The summed E-state index contributed by atoms with van der Waals surface area (Å²) >= 11 is 0. The van der Waals surface area contributed by atoms with Crippen LogP contribution in [0.5, 0.6) is 11.5 Å². The highest BCUT2D eigenvalue weighted by atomic mass is 16.5. The van der Waals surface area contributed by atoms with Gasteiger partial charge in [0.15, 0.2) is 6.61 Å². The van der Waals surface area contributed by atoms with Gasteiger partial charge in [-0.1, -0.05) is 43.3 Å². The van der Waals surface area contributed by atoms with Crippen molar-refractivity contribution in [1.29, 1.82) is 0 Å². The minimum absolute atomic E-state index is 0.0133. The number of imidazole rings is 1. The lowest BCUT2D eigenvalue weighted by atomic mass is 10.1. The van der Waals surface area contributed by atoms with Crippen LogP contribution in [0.2, 0.25) is 0 Å². The Hall–Kier alpha value is -3.80. The van der Waals surface area contributed by atoms with Crippen LogP contribution in [0.15, 0.2) is 66.7 Å². The maximum atomic E-state index is 12.3. The van der Waals surface area contributed by atoms with Crippen LogP contribution in [0.25, 0.3) is 11.0 Å². The summed E-state index contributed by atoms with van der Waals surface area (Å²) in [7, 11) is 0. The quantitative estimate of drug-likeness (QED) is 0.272. The number of fused-ring (bicyclic) bond motifs is 1. The van der Waals surface area contributed by atoms with Gasteiger partial charge in [0.1, 0.15) is 23.9 Å². The maximum Gasteiger partial charge on any atom is 0.257 e. The number of hydrogen-bond donors (Lipinski definition) is 1. The highest BCUT2D eigenvalue weighted by Crippen LogP contribution is 2.20. The Labute approximate surface area is 213 Å². The Morgan fingerprint density at radius 3 is 2.61 bits per heavy atom.